The molecule has 0 amide bonds. The Balaban J connectivity index is 2.02. The molecule has 0 unspecified atom stereocenters. The van der Waals surface area contributed by atoms with E-state index < -0.39 is 0 Å². The number of hydrogen-bond acceptors (Lipinski definition) is 2. The lowest BCUT2D eigenvalue weighted by molar-refractivity contribution is 1.21. The highest BCUT2D eigenvalue weighted by Gasteiger charge is 2.14. The zero-order valence-corrected chi connectivity index (χ0v) is 13.5. The second kappa shape index (κ2) is 4.34. The SMILES string of the molecule is c1ccc2c(c1)sc1c2ccc2c3cccnc3n3cccc3c21. The summed E-state index contributed by atoms with van der Waals surface area (Å²) in [6, 6.07) is 21.7. The van der Waals surface area contributed by atoms with E-state index in [0.29, 0.717) is 0 Å². The molecule has 0 saturated heterocycles. The lowest BCUT2D eigenvalue weighted by atomic mass is 10.0. The van der Waals surface area contributed by atoms with Gasteiger partial charge in [0.05, 0.1) is 5.52 Å². The molecule has 4 aromatic heterocycles. The fourth-order valence-electron chi connectivity index (χ4n) is 3.84. The van der Waals surface area contributed by atoms with Gasteiger partial charge < -0.3 is 4.40 Å². The lowest BCUT2D eigenvalue weighted by Gasteiger charge is -2.09. The number of benzene rings is 2. The molecule has 4 heterocycles. The van der Waals surface area contributed by atoms with Crippen molar-refractivity contribution in [2.24, 2.45) is 0 Å². The Labute approximate surface area is 141 Å². The summed E-state index contributed by atoms with van der Waals surface area (Å²) < 4.78 is 4.92. The molecule has 2 nitrogen and oxygen atoms in total. The Morgan fingerprint density at radius 3 is 2.62 bits per heavy atom. The number of hydrogen-bond donors (Lipinski definition) is 0. The minimum Gasteiger partial charge on any atom is -0.301 e. The van der Waals surface area contributed by atoms with Gasteiger partial charge >= 0.3 is 0 Å². The standard InChI is InChI=1S/C21H12N2S/c1-2-8-18-13(5-1)15-10-9-14-16-6-3-11-22-21(16)23-12-4-7-17(23)19(14)20(15)24-18/h1-12H. The monoisotopic (exact) mass is 324 g/mol. The fourth-order valence-corrected chi connectivity index (χ4v) is 5.10. The van der Waals surface area contributed by atoms with E-state index in [-0.39, 0.29) is 0 Å². The van der Waals surface area contributed by atoms with Crippen molar-refractivity contribution in [1.82, 2.24) is 9.38 Å². The number of pyridine rings is 2. The summed E-state index contributed by atoms with van der Waals surface area (Å²) in [5, 5.41) is 6.50. The van der Waals surface area contributed by atoms with E-state index in [1.807, 2.05) is 23.6 Å². The predicted octanol–water partition coefficient (Wildman–Crippen LogP) is 6.01. The highest BCUT2D eigenvalue weighted by molar-refractivity contribution is 7.26. The van der Waals surface area contributed by atoms with E-state index in [2.05, 4.69) is 70.2 Å². The summed E-state index contributed by atoms with van der Waals surface area (Å²) in [4.78, 5) is 4.62. The quantitative estimate of drug-likeness (QED) is 0.313. The van der Waals surface area contributed by atoms with Gasteiger partial charge in [-0.2, -0.15) is 0 Å². The second-order valence-corrected chi connectivity index (χ2v) is 7.15. The van der Waals surface area contributed by atoms with Crippen molar-refractivity contribution in [3.05, 3.63) is 73.1 Å². The summed E-state index contributed by atoms with van der Waals surface area (Å²) >= 11 is 1.88. The molecule has 6 aromatic rings. The molecule has 112 valence electrons. The first-order valence-corrected chi connectivity index (χ1v) is 8.81. The van der Waals surface area contributed by atoms with Gasteiger partial charge in [-0.3, -0.25) is 0 Å². The van der Waals surface area contributed by atoms with Gasteiger partial charge in [0, 0.05) is 43.3 Å². The molecule has 0 aliphatic heterocycles. The van der Waals surface area contributed by atoms with Crippen molar-refractivity contribution in [3.63, 3.8) is 0 Å². The molecule has 0 N–H and O–H groups in total. The number of rotatable bonds is 0. The highest BCUT2D eigenvalue weighted by atomic mass is 32.1. The molecule has 24 heavy (non-hydrogen) atoms. The molecule has 0 aliphatic carbocycles. The van der Waals surface area contributed by atoms with Crippen molar-refractivity contribution in [3.8, 4) is 0 Å². The van der Waals surface area contributed by atoms with E-state index in [1.54, 1.807) is 0 Å². The fraction of sp³-hybridized carbons (Fsp3) is 0. The number of fused-ring (bicyclic) bond motifs is 10. The van der Waals surface area contributed by atoms with Crippen LogP contribution in [0.2, 0.25) is 0 Å². The van der Waals surface area contributed by atoms with Crippen LogP contribution >= 0.6 is 11.3 Å². The third-order valence-corrected chi connectivity index (χ3v) is 6.06. The van der Waals surface area contributed by atoms with Crippen LogP contribution < -0.4 is 0 Å². The largest absolute Gasteiger partial charge is 0.301 e. The van der Waals surface area contributed by atoms with Gasteiger partial charge in [-0.15, -0.1) is 11.3 Å². The summed E-state index contributed by atoms with van der Waals surface area (Å²) in [6.07, 6.45) is 3.97. The average Bonchev–Trinajstić information content (AvgIpc) is 3.26. The van der Waals surface area contributed by atoms with Gasteiger partial charge in [-0.05, 0) is 35.7 Å². The summed E-state index contributed by atoms with van der Waals surface area (Å²) in [7, 11) is 0. The van der Waals surface area contributed by atoms with E-state index in [0.717, 1.165) is 5.65 Å². The molecular weight excluding hydrogens is 312 g/mol. The van der Waals surface area contributed by atoms with Crippen LogP contribution in [0.25, 0.3) is 47.5 Å². The number of aromatic nitrogens is 2. The third kappa shape index (κ3) is 1.43. The van der Waals surface area contributed by atoms with Crippen LogP contribution in [0.3, 0.4) is 0 Å². The van der Waals surface area contributed by atoms with Crippen molar-refractivity contribution in [2.75, 3.05) is 0 Å². The average molecular weight is 324 g/mol. The zero-order chi connectivity index (χ0) is 15.7. The van der Waals surface area contributed by atoms with Crippen LogP contribution in [0.5, 0.6) is 0 Å². The summed E-state index contributed by atoms with van der Waals surface area (Å²) in [6.45, 7) is 0. The third-order valence-electron chi connectivity index (χ3n) is 4.86. The van der Waals surface area contributed by atoms with Crippen LogP contribution in [0, 0.1) is 0 Å². The Hall–Kier alpha value is -2.91. The molecule has 2 aromatic carbocycles. The molecule has 0 atom stereocenters. The minimum atomic E-state index is 1.02. The van der Waals surface area contributed by atoms with Gasteiger partial charge in [0.25, 0.3) is 0 Å². The van der Waals surface area contributed by atoms with Crippen LogP contribution in [0.4, 0.5) is 0 Å². The van der Waals surface area contributed by atoms with Crippen molar-refractivity contribution in [2.45, 2.75) is 0 Å². The van der Waals surface area contributed by atoms with Crippen molar-refractivity contribution in [1.29, 1.82) is 0 Å². The smallest absolute Gasteiger partial charge is 0.144 e. The van der Waals surface area contributed by atoms with E-state index in [4.69, 9.17) is 0 Å². The first-order valence-electron chi connectivity index (χ1n) is 7.99. The van der Waals surface area contributed by atoms with Crippen molar-refractivity contribution < 1.29 is 0 Å². The van der Waals surface area contributed by atoms with Crippen LogP contribution in [-0.2, 0) is 0 Å². The van der Waals surface area contributed by atoms with Gasteiger partial charge in [-0.25, -0.2) is 4.98 Å². The summed E-state index contributed by atoms with van der Waals surface area (Å²) in [5.74, 6) is 0. The molecule has 0 fully saturated rings. The lowest BCUT2D eigenvalue weighted by Crippen LogP contribution is -1.91. The van der Waals surface area contributed by atoms with Gasteiger partial charge in [0.2, 0.25) is 0 Å². The molecule has 0 saturated carbocycles. The highest BCUT2D eigenvalue weighted by Crippen LogP contribution is 2.41. The predicted molar refractivity (Wildman–Crippen MR) is 103 cm³/mol. The Kier molecular flexibility index (Phi) is 2.26. The zero-order valence-electron chi connectivity index (χ0n) is 12.7. The molecule has 0 spiro atoms. The molecule has 3 heteroatoms. The maximum Gasteiger partial charge on any atom is 0.144 e. The maximum atomic E-state index is 4.62. The van der Waals surface area contributed by atoms with Crippen LogP contribution in [-0.4, -0.2) is 9.38 Å². The molecular formula is C21H12N2S. The molecule has 0 radical (unpaired) electrons. The van der Waals surface area contributed by atoms with Crippen molar-refractivity contribution >= 4 is 58.8 Å². The maximum absolute atomic E-state index is 4.62. The Morgan fingerprint density at radius 1 is 0.750 bits per heavy atom. The van der Waals surface area contributed by atoms with E-state index in [1.165, 1.54) is 41.8 Å². The molecule has 6 rings (SSSR count). The number of nitrogens with zero attached hydrogens (tertiary/aromatic N) is 2. The molecule has 0 aliphatic rings. The van der Waals surface area contributed by atoms with E-state index >= 15 is 0 Å². The van der Waals surface area contributed by atoms with E-state index in [9.17, 15) is 0 Å². The first-order chi connectivity index (χ1) is 11.9. The van der Waals surface area contributed by atoms with Gasteiger partial charge in [0.15, 0.2) is 0 Å². The minimum absolute atomic E-state index is 1.02. The molecule has 0 bridgehead atoms. The van der Waals surface area contributed by atoms with Crippen LogP contribution in [0.15, 0.2) is 73.1 Å². The summed E-state index contributed by atoms with van der Waals surface area (Å²) in [5.41, 5.74) is 2.25. The first kappa shape index (κ1) is 12.5. The van der Waals surface area contributed by atoms with Gasteiger partial charge in [-0.1, -0.05) is 30.3 Å². The van der Waals surface area contributed by atoms with Crippen LogP contribution in [0.1, 0.15) is 0 Å². The Bertz CT molecular complexity index is 1410. The van der Waals surface area contributed by atoms with Gasteiger partial charge in [0.1, 0.15) is 5.65 Å². The second-order valence-electron chi connectivity index (χ2n) is 6.10. The Morgan fingerprint density at radius 2 is 1.62 bits per heavy atom. The normalized spacial score (nSPS) is 12.2. The number of thiophene rings is 1. The topological polar surface area (TPSA) is 17.3 Å².